The molecule has 0 saturated carbocycles. The van der Waals surface area contributed by atoms with Crippen LogP contribution < -0.4 is 0 Å². The Bertz CT molecular complexity index is 355. The predicted molar refractivity (Wildman–Crippen MR) is 66.0 cm³/mol. The van der Waals surface area contributed by atoms with Crippen LogP contribution in [0.25, 0.3) is 0 Å². The van der Waals surface area contributed by atoms with E-state index in [4.69, 9.17) is 0 Å². The number of unbranched alkanes of at least 4 members (excludes halogenated alkanes) is 2. The molecule has 0 N–H and O–H groups in total. The molecule has 88 valence electrons. The zero-order chi connectivity index (χ0) is 11.8. The Morgan fingerprint density at radius 1 is 1.31 bits per heavy atom. The molecule has 1 heterocycles. The lowest BCUT2D eigenvalue weighted by atomic mass is 10.1. The van der Waals surface area contributed by atoms with Crippen LogP contribution in [0.1, 0.15) is 58.2 Å². The van der Waals surface area contributed by atoms with Crippen LogP contribution in [-0.2, 0) is 6.42 Å². The van der Waals surface area contributed by atoms with Crippen molar-refractivity contribution in [1.82, 2.24) is 15.0 Å². The molecule has 0 fully saturated rings. The van der Waals surface area contributed by atoms with E-state index in [1.807, 2.05) is 10.9 Å². The van der Waals surface area contributed by atoms with Gasteiger partial charge in [0.1, 0.15) is 0 Å². The van der Waals surface area contributed by atoms with Crippen molar-refractivity contribution in [2.24, 2.45) is 0 Å². The van der Waals surface area contributed by atoms with Gasteiger partial charge in [0.2, 0.25) is 0 Å². The highest BCUT2D eigenvalue weighted by Gasteiger charge is 2.02. The Labute approximate surface area is 98.2 Å². The van der Waals surface area contributed by atoms with Crippen LogP contribution in [0, 0.1) is 11.8 Å². The summed E-state index contributed by atoms with van der Waals surface area (Å²) in [6, 6.07) is 0.400. The fraction of sp³-hybridized carbons (Fsp3) is 0.692. The van der Waals surface area contributed by atoms with Gasteiger partial charge in [0, 0.05) is 25.1 Å². The van der Waals surface area contributed by atoms with Gasteiger partial charge < -0.3 is 0 Å². The Balaban J connectivity index is 2.21. The summed E-state index contributed by atoms with van der Waals surface area (Å²) in [5, 5.41) is 8.23. The maximum absolute atomic E-state index is 4.15. The van der Waals surface area contributed by atoms with Gasteiger partial charge in [-0.2, -0.15) is 0 Å². The van der Waals surface area contributed by atoms with E-state index in [2.05, 4.69) is 42.9 Å². The van der Waals surface area contributed by atoms with Gasteiger partial charge in [-0.05, 0) is 33.1 Å². The number of rotatable bonds is 5. The molecule has 0 amide bonds. The van der Waals surface area contributed by atoms with Crippen molar-refractivity contribution in [2.45, 2.75) is 58.9 Å². The van der Waals surface area contributed by atoms with Gasteiger partial charge in [0.25, 0.3) is 0 Å². The van der Waals surface area contributed by atoms with Gasteiger partial charge in [-0.1, -0.05) is 12.1 Å². The van der Waals surface area contributed by atoms with Crippen molar-refractivity contribution < 1.29 is 0 Å². The van der Waals surface area contributed by atoms with Crippen LogP contribution in [0.2, 0.25) is 0 Å². The van der Waals surface area contributed by atoms with E-state index >= 15 is 0 Å². The molecule has 3 heteroatoms. The summed E-state index contributed by atoms with van der Waals surface area (Å²) < 4.78 is 1.91. The smallest absolute Gasteiger partial charge is 0.0827 e. The molecule has 0 aromatic carbocycles. The highest BCUT2D eigenvalue weighted by Crippen LogP contribution is 2.06. The van der Waals surface area contributed by atoms with E-state index < -0.39 is 0 Å². The summed E-state index contributed by atoms with van der Waals surface area (Å²) in [6.45, 7) is 6.30. The van der Waals surface area contributed by atoms with Crippen LogP contribution in [0.5, 0.6) is 0 Å². The molecule has 1 aromatic heterocycles. The SMILES string of the molecule is CCC#CCCCCc1cn(C(C)C)nn1. The molecule has 0 unspecified atom stereocenters. The van der Waals surface area contributed by atoms with Crippen molar-refractivity contribution in [1.29, 1.82) is 0 Å². The summed E-state index contributed by atoms with van der Waals surface area (Å²) in [4.78, 5) is 0. The molecule has 0 spiro atoms. The van der Waals surface area contributed by atoms with E-state index in [0.29, 0.717) is 6.04 Å². The molecule has 0 aliphatic heterocycles. The Morgan fingerprint density at radius 3 is 2.75 bits per heavy atom. The minimum absolute atomic E-state index is 0.400. The van der Waals surface area contributed by atoms with E-state index in [9.17, 15) is 0 Å². The van der Waals surface area contributed by atoms with E-state index in [1.54, 1.807) is 0 Å². The van der Waals surface area contributed by atoms with E-state index in [1.165, 1.54) is 0 Å². The zero-order valence-corrected chi connectivity index (χ0v) is 10.5. The lowest BCUT2D eigenvalue weighted by Crippen LogP contribution is -2.00. The number of aromatic nitrogens is 3. The highest BCUT2D eigenvalue weighted by molar-refractivity contribution is 4.98. The average Bonchev–Trinajstić information content (AvgIpc) is 2.72. The summed E-state index contributed by atoms with van der Waals surface area (Å²) in [7, 11) is 0. The number of hydrogen-bond donors (Lipinski definition) is 0. The largest absolute Gasteiger partial charge is 0.250 e. The van der Waals surface area contributed by atoms with Gasteiger partial charge in [0.05, 0.1) is 5.69 Å². The van der Waals surface area contributed by atoms with Crippen molar-refractivity contribution >= 4 is 0 Å². The first-order valence-corrected chi connectivity index (χ1v) is 6.10. The molecule has 1 rings (SSSR count). The van der Waals surface area contributed by atoms with Crippen LogP contribution in [0.3, 0.4) is 0 Å². The normalized spacial score (nSPS) is 10.2. The first-order chi connectivity index (χ1) is 7.74. The Kier molecular flexibility index (Phi) is 5.63. The quantitative estimate of drug-likeness (QED) is 0.563. The lowest BCUT2D eigenvalue weighted by Gasteiger charge is -2.00. The van der Waals surface area contributed by atoms with Crippen LogP contribution in [-0.4, -0.2) is 15.0 Å². The van der Waals surface area contributed by atoms with Crippen LogP contribution in [0.4, 0.5) is 0 Å². The Morgan fingerprint density at radius 2 is 2.12 bits per heavy atom. The third-order valence-corrected chi connectivity index (χ3v) is 2.37. The molecule has 0 radical (unpaired) electrons. The van der Waals surface area contributed by atoms with E-state index in [-0.39, 0.29) is 0 Å². The second kappa shape index (κ2) is 7.05. The molecule has 0 aliphatic carbocycles. The standard InChI is InChI=1S/C13H21N3/c1-4-5-6-7-8-9-10-13-11-16(12(2)3)15-14-13/h11-12H,4,7-10H2,1-3H3. The van der Waals surface area contributed by atoms with E-state index in [0.717, 1.165) is 37.8 Å². The molecule has 0 saturated heterocycles. The lowest BCUT2D eigenvalue weighted by molar-refractivity contribution is 0.514. The molecule has 0 aliphatic rings. The monoisotopic (exact) mass is 219 g/mol. The maximum Gasteiger partial charge on any atom is 0.0827 e. The average molecular weight is 219 g/mol. The minimum Gasteiger partial charge on any atom is -0.250 e. The molecular formula is C13H21N3. The van der Waals surface area contributed by atoms with Crippen LogP contribution >= 0.6 is 0 Å². The van der Waals surface area contributed by atoms with Gasteiger partial charge in [-0.25, -0.2) is 4.68 Å². The third kappa shape index (κ3) is 4.48. The molecule has 1 aromatic rings. The van der Waals surface area contributed by atoms with Crippen molar-refractivity contribution in [3.05, 3.63) is 11.9 Å². The number of aryl methyl sites for hydroxylation is 1. The molecule has 3 nitrogen and oxygen atoms in total. The molecular weight excluding hydrogens is 198 g/mol. The third-order valence-electron chi connectivity index (χ3n) is 2.37. The van der Waals surface area contributed by atoms with Gasteiger partial charge >= 0.3 is 0 Å². The molecule has 0 bridgehead atoms. The highest BCUT2D eigenvalue weighted by atomic mass is 15.4. The van der Waals surface area contributed by atoms with Gasteiger partial charge in [-0.3, -0.25) is 0 Å². The van der Waals surface area contributed by atoms with Crippen molar-refractivity contribution in [2.75, 3.05) is 0 Å². The van der Waals surface area contributed by atoms with Crippen molar-refractivity contribution in [3.63, 3.8) is 0 Å². The Hall–Kier alpha value is -1.30. The second-order valence-corrected chi connectivity index (χ2v) is 4.20. The predicted octanol–water partition coefficient (Wildman–Crippen LogP) is 2.99. The summed E-state index contributed by atoms with van der Waals surface area (Å²) in [5.41, 5.74) is 1.09. The van der Waals surface area contributed by atoms with Crippen molar-refractivity contribution in [3.8, 4) is 11.8 Å². The fourth-order valence-electron chi connectivity index (χ4n) is 1.41. The first-order valence-electron chi connectivity index (χ1n) is 6.10. The number of hydrogen-bond acceptors (Lipinski definition) is 2. The molecule has 16 heavy (non-hydrogen) atoms. The molecule has 0 atom stereocenters. The summed E-state index contributed by atoms with van der Waals surface area (Å²) in [6.07, 6.45) is 7.33. The minimum atomic E-state index is 0.400. The first kappa shape index (κ1) is 12.8. The van der Waals surface area contributed by atoms with Crippen LogP contribution in [0.15, 0.2) is 6.20 Å². The van der Waals surface area contributed by atoms with Gasteiger partial charge in [-0.15, -0.1) is 16.9 Å². The van der Waals surface area contributed by atoms with Gasteiger partial charge in [0.15, 0.2) is 0 Å². The fourth-order valence-corrected chi connectivity index (χ4v) is 1.41. The number of nitrogens with zero attached hydrogens (tertiary/aromatic N) is 3. The summed E-state index contributed by atoms with van der Waals surface area (Å²) in [5.74, 6) is 6.24. The summed E-state index contributed by atoms with van der Waals surface area (Å²) >= 11 is 0. The topological polar surface area (TPSA) is 30.7 Å². The zero-order valence-electron chi connectivity index (χ0n) is 10.5. The second-order valence-electron chi connectivity index (χ2n) is 4.20. The maximum atomic E-state index is 4.15.